The summed E-state index contributed by atoms with van der Waals surface area (Å²) < 4.78 is 5.71. The van der Waals surface area contributed by atoms with Crippen LogP contribution in [-0.2, 0) is 9.59 Å². The van der Waals surface area contributed by atoms with Crippen LogP contribution in [0.25, 0.3) is 0 Å². The zero-order chi connectivity index (χ0) is 21.0. The van der Waals surface area contributed by atoms with E-state index < -0.39 is 11.8 Å². The van der Waals surface area contributed by atoms with E-state index in [2.05, 4.69) is 42.3 Å². The third kappa shape index (κ3) is 4.88. The Bertz CT molecular complexity index is 887. The average Bonchev–Trinajstić information content (AvgIpc) is 2.71. The number of rotatable bonds is 4. The van der Waals surface area contributed by atoms with E-state index in [9.17, 15) is 9.59 Å². The Labute approximate surface area is 172 Å². The van der Waals surface area contributed by atoms with Gasteiger partial charge in [-0.3, -0.25) is 9.59 Å². The number of nitrogens with one attached hydrogen (secondary N) is 1. The van der Waals surface area contributed by atoms with Crippen LogP contribution in [-0.4, -0.2) is 49.0 Å². The third-order valence-electron chi connectivity index (χ3n) is 5.18. The molecule has 1 saturated heterocycles. The van der Waals surface area contributed by atoms with E-state index in [0.717, 1.165) is 0 Å². The molecule has 1 N–H and O–H groups in total. The molecule has 2 amide bonds. The number of hydrogen-bond acceptors (Lipinski definition) is 4. The van der Waals surface area contributed by atoms with Gasteiger partial charge in [-0.1, -0.05) is 24.3 Å². The Hall–Kier alpha value is -3.02. The maximum Gasteiger partial charge on any atom is 0.314 e. The molecule has 0 saturated carbocycles. The van der Waals surface area contributed by atoms with Crippen molar-refractivity contribution in [1.82, 2.24) is 4.90 Å². The lowest BCUT2D eigenvalue weighted by atomic mass is 10.1. The lowest BCUT2D eigenvalue weighted by molar-refractivity contribution is -0.143. The quantitative estimate of drug-likeness (QED) is 0.807. The van der Waals surface area contributed by atoms with E-state index in [1.165, 1.54) is 16.8 Å². The zero-order valence-corrected chi connectivity index (χ0v) is 17.6. The summed E-state index contributed by atoms with van der Waals surface area (Å²) >= 11 is 0. The predicted octanol–water partition coefficient (Wildman–Crippen LogP) is 3.38. The van der Waals surface area contributed by atoms with Gasteiger partial charge in [0.25, 0.3) is 0 Å². The lowest BCUT2D eigenvalue weighted by Crippen LogP contribution is -2.51. The minimum absolute atomic E-state index is 0.0260. The summed E-state index contributed by atoms with van der Waals surface area (Å²) in [5.41, 5.74) is 4.21. The van der Waals surface area contributed by atoms with Gasteiger partial charge in [-0.15, -0.1) is 0 Å². The number of piperazine rings is 1. The highest BCUT2D eigenvalue weighted by atomic mass is 16.5. The predicted molar refractivity (Wildman–Crippen MR) is 116 cm³/mol. The fraction of sp³-hybridized carbons (Fsp3) is 0.391. The van der Waals surface area contributed by atoms with E-state index in [0.29, 0.717) is 37.6 Å². The second-order valence-electron chi connectivity index (χ2n) is 7.62. The Balaban J connectivity index is 1.61. The van der Waals surface area contributed by atoms with Gasteiger partial charge in [0, 0.05) is 31.9 Å². The van der Waals surface area contributed by atoms with Gasteiger partial charge in [-0.05, 0) is 57.0 Å². The van der Waals surface area contributed by atoms with Crippen molar-refractivity contribution >= 4 is 23.2 Å². The number of anilines is 2. The van der Waals surface area contributed by atoms with E-state index >= 15 is 0 Å². The number of benzene rings is 2. The van der Waals surface area contributed by atoms with Crippen molar-refractivity contribution in [3.63, 3.8) is 0 Å². The topological polar surface area (TPSA) is 61.9 Å². The van der Waals surface area contributed by atoms with Crippen LogP contribution in [0.1, 0.15) is 25.0 Å². The van der Waals surface area contributed by atoms with Crippen molar-refractivity contribution < 1.29 is 14.3 Å². The smallest absolute Gasteiger partial charge is 0.314 e. The number of ether oxygens (including phenoxy) is 1. The van der Waals surface area contributed by atoms with Crippen molar-refractivity contribution in [3.8, 4) is 5.75 Å². The van der Waals surface area contributed by atoms with Gasteiger partial charge in [-0.25, -0.2) is 0 Å². The first-order valence-corrected chi connectivity index (χ1v) is 10.0. The molecule has 0 aromatic heterocycles. The van der Waals surface area contributed by atoms with Crippen molar-refractivity contribution in [2.75, 3.05) is 36.4 Å². The summed E-state index contributed by atoms with van der Waals surface area (Å²) in [6.07, 6.45) is -0.0260. The summed E-state index contributed by atoms with van der Waals surface area (Å²) in [5.74, 6) is -0.585. The summed E-state index contributed by atoms with van der Waals surface area (Å²) in [4.78, 5) is 29.1. The van der Waals surface area contributed by atoms with Gasteiger partial charge in [0.15, 0.2) is 0 Å². The maximum atomic E-state index is 12.7. The second kappa shape index (κ2) is 8.99. The van der Waals surface area contributed by atoms with Crippen LogP contribution in [0.4, 0.5) is 11.4 Å². The van der Waals surface area contributed by atoms with Gasteiger partial charge in [0.1, 0.15) is 5.75 Å². The molecule has 0 atom stereocenters. The SMILES string of the molecule is Cc1cccc(N2CCN(C(=O)C(=O)Nc3ccccc3OC(C)C)CC2)c1C. The van der Waals surface area contributed by atoms with Gasteiger partial charge in [0.05, 0.1) is 11.8 Å². The molecule has 0 unspecified atom stereocenters. The van der Waals surface area contributed by atoms with Crippen LogP contribution < -0.4 is 15.0 Å². The first kappa shape index (κ1) is 20.7. The van der Waals surface area contributed by atoms with Gasteiger partial charge >= 0.3 is 11.8 Å². The standard InChI is InChI=1S/C23H29N3O3/c1-16(2)29-21-11-6-5-9-19(21)24-22(27)23(28)26-14-12-25(13-15-26)20-10-7-8-17(3)18(20)4/h5-11,16H,12-15H2,1-4H3,(H,24,27). The second-order valence-corrected chi connectivity index (χ2v) is 7.62. The van der Waals surface area contributed by atoms with Crippen molar-refractivity contribution in [1.29, 1.82) is 0 Å². The number of nitrogens with zero attached hydrogens (tertiary/aromatic N) is 2. The fourth-order valence-electron chi connectivity index (χ4n) is 3.47. The van der Waals surface area contributed by atoms with E-state index in [4.69, 9.17) is 4.74 Å². The molecule has 1 aliphatic heterocycles. The third-order valence-corrected chi connectivity index (χ3v) is 5.18. The highest BCUT2D eigenvalue weighted by Gasteiger charge is 2.27. The first-order valence-electron chi connectivity index (χ1n) is 10.0. The first-order chi connectivity index (χ1) is 13.9. The lowest BCUT2D eigenvalue weighted by Gasteiger charge is -2.36. The normalized spacial score (nSPS) is 14.1. The Morgan fingerprint density at radius 2 is 1.66 bits per heavy atom. The molecular weight excluding hydrogens is 366 g/mol. The van der Waals surface area contributed by atoms with Crippen molar-refractivity contribution in [2.45, 2.75) is 33.8 Å². The number of aryl methyl sites for hydroxylation is 1. The van der Waals surface area contributed by atoms with E-state index in [1.54, 1.807) is 23.1 Å². The van der Waals surface area contributed by atoms with E-state index in [1.807, 2.05) is 19.9 Å². The molecule has 2 aromatic rings. The highest BCUT2D eigenvalue weighted by molar-refractivity contribution is 6.39. The van der Waals surface area contributed by atoms with E-state index in [-0.39, 0.29) is 6.10 Å². The maximum absolute atomic E-state index is 12.7. The molecule has 1 fully saturated rings. The highest BCUT2D eigenvalue weighted by Crippen LogP contribution is 2.26. The van der Waals surface area contributed by atoms with Crippen LogP contribution in [0.3, 0.4) is 0 Å². The van der Waals surface area contributed by atoms with Gasteiger partial charge < -0.3 is 19.9 Å². The van der Waals surface area contributed by atoms with Crippen molar-refractivity contribution in [2.24, 2.45) is 0 Å². The fourth-order valence-corrected chi connectivity index (χ4v) is 3.47. The molecule has 6 heteroatoms. The average molecular weight is 396 g/mol. The molecule has 0 aliphatic carbocycles. The summed E-state index contributed by atoms with van der Waals surface area (Å²) in [6, 6.07) is 13.4. The van der Waals surface area contributed by atoms with Gasteiger partial charge in [0.2, 0.25) is 0 Å². The van der Waals surface area contributed by atoms with Gasteiger partial charge in [-0.2, -0.15) is 0 Å². The Morgan fingerprint density at radius 1 is 0.966 bits per heavy atom. The monoisotopic (exact) mass is 395 g/mol. The van der Waals surface area contributed by atoms with Crippen LogP contribution in [0.5, 0.6) is 5.75 Å². The Kier molecular flexibility index (Phi) is 6.42. The minimum Gasteiger partial charge on any atom is -0.489 e. The number of para-hydroxylation sites is 2. The van der Waals surface area contributed by atoms with Crippen LogP contribution >= 0.6 is 0 Å². The molecule has 154 valence electrons. The largest absolute Gasteiger partial charge is 0.489 e. The van der Waals surface area contributed by atoms with Crippen molar-refractivity contribution in [3.05, 3.63) is 53.6 Å². The molecular formula is C23H29N3O3. The molecule has 1 heterocycles. The molecule has 2 aromatic carbocycles. The molecule has 6 nitrogen and oxygen atoms in total. The minimum atomic E-state index is -0.634. The molecule has 0 spiro atoms. The summed E-state index contributed by atoms with van der Waals surface area (Å²) in [5, 5.41) is 2.70. The molecule has 0 bridgehead atoms. The number of amides is 2. The molecule has 1 aliphatic rings. The molecule has 0 radical (unpaired) electrons. The summed E-state index contributed by atoms with van der Waals surface area (Å²) in [7, 11) is 0. The molecule has 3 rings (SSSR count). The number of hydrogen-bond donors (Lipinski definition) is 1. The van der Waals surface area contributed by atoms with Crippen LogP contribution in [0, 0.1) is 13.8 Å². The number of carbonyl (C=O) groups excluding carboxylic acids is 2. The summed E-state index contributed by atoms with van der Waals surface area (Å²) in [6.45, 7) is 10.5. The zero-order valence-electron chi connectivity index (χ0n) is 17.6. The van der Waals surface area contributed by atoms with Crippen LogP contribution in [0.2, 0.25) is 0 Å². The molecule has 29 heavy (non-hydrogen) atoms. The van der Waals surface area contributed by atoms with Crippen LogP contribution in [0.15, 0.2) is 42.5 Å². The Morgan fingerprint density at radius 3 is 2.34 bits per heavy atom. The number of carbonyl (C=O) groups is 2.